The topological polar surface area (TPSA) is 54.5 Å². The molecule has 4 saturated carbocycles. The first-order valence-electron chi connectivity index (χ1n) is 13.3. The summed E-state index contributed by atoms with van der Waals surface area (Å²) in [6.07, 6.45) is 1.62. The number of Topliss-reactive ketones (excluding diaryl/α,β-unsaturated/α-hetero) is 2. The predicted molar refractivity (Wildman–Crippen MR) is 119 cm³/mol. The molecule has 11 heteroatoms. The Labute approximate surface area is 211 Å². The van der Waals surface area contributed by atoms with Gasteiger partial charge in [-0.05, 0) is 49.9 Å². The number of hydrogen-bond acceptors (Lipinski definition) is 3. The summed E-state index contributed by atoms with van der Waals surface area (Å²) in [6.45, 7) is 2.96. The molecule has 0 N–H and O–H groups in total. The highest BCUT2D eigenvalue weighted by Gasteiger charge is 2.81. The second kappa shape index (κ2) is 9.21. The predicted octanol–water partition coefficient (Wildman–Crippen LogP) is 6.50. The van der Waals surface area contributed by atoms with Crippen LogP contribution >= 0.6 is 0 Å². The van der Waals surface area contributed by atoms with E-state index in [1.807, 2.05) is 0 Å². The number of amides is 1. The number of fused-ring (bicyclic) bond motifs is 2. The van der Waals surface area contributed by atoms with E-state index in [1.165, 1.54) is 13.8 Å². The molecule has 2 bridgehead atoms. The van der Waals surface area contributed by atoms with Crippen molar-refractivity contribution in [2.24, 2.45) is 22.7 Å². The van der Waals surface area contributed by atoms with Crippen LogP contribution in [0.25, 0.3) is 0 Å². The SMILES string of the molecule is CC1(C)[C@@H]2CC[C@@]1(C(=O)N(C1CCCCC1)C1CCCCC1)C(=O)[C@@H]2C(=O)C(F)(F)C(F)(F)C(F)(F)F. The maximum atomic E-state index is 14.5. The van der Waals surface area contributed by atoms with E-state index < -0.39 is 58.2 Å². The summed E-state index contributed by atoms with van der Waals surface area (Å²) >= 11 is 0. The average molecular weight is 542 g/mol. The summed E-state index contributed by atoms with van der Waals surface area (Å²) in [5.74, 6) is -20.9. The lowest BCUT2D eigenvalue weighted by atomic mass is 9.67. The normalized spacial score (nSPS) is 31.5. The van der Waals surface area contributed by atoms with Crippen molar-refractivity contribution in [1.29, 1.82) is 0 Å². The number of halogens is 7. The van der Waals surface area contributed by atoms with Crippen LogP contribution in [0.3, 0.4) is 0 Å². The van der Waals surface area contributed by atoms with Gasteiger partial charge in [0.2, 0.25) is 11.7 Å². The van der Waals surface area contributed by atoms with Gasteiger partial charge in [0.15, 0.2) is 5.78 Å². The third-order valence-corrected chi connectivity index (χ3v) is 9.84. The quantitative estimate of drug-likeness (QED) is 0.285. The lowest BCUT2D eigenvalue weighted by Gasteiger charge is -2.47. The average Bonchev–Trinajstić information content (AvgIpc) is 3.19. The molecular weight excluding hydrogens is 507 g/mol. The van der Waals surface area contributed by atoms with Crippen molar-refractivity contribution < 1.29 is 45.1 Å². The maximum Gasteiger partial charge on any atom is 0.460 e. The van der Waals surface area contributed by atoms with Crippen molar-refractivity contribution in [2.75, 3.05) is 0 Å². The molecular formula is C26H34F7NO3. The summed E-state index contributed by atoms with van der Waals surface area (Å²) in [5, 5.41) is 0. The molecule has 1 amide bonds. The van der Waals surface area contributed by atoms with E-state index in [0.29, 0.717) is 25.7 Å². The van der Waals surface area contributed by atoms with Gasteiger partial charge in [0.1, 0.15) is 5.41 Å². The van der Waals surface area contributed by atoms with Gasteiger partial charge in [-0.25, -0.2) is 0 Å². The largest absolute Gasteiger partial charge is 0.460 e. The first kappa shape index (κ1) is 28.3. The second-order valence-electron chi connectivity index (χ2n) is 11.9. The molecule has 210 valence electrons. The molecule has 4 rings (SSSR count). The molecule has 3 atom stereocenters. The van der Waals surface area contributed by atoms with Gasteiger partial charge in [0.05, 0.1) is 5.92 Å². The molecule has 0 heterocycles. The minimum absolute atomic E-state index is 0.0384. The van der Waals surface area contributed by atoms with Crippen LogP contribution in [0.2, 0.25) is 0 Å². The molecule has 0 aromatic heterocycles. The molecule has 4 aliphatic carbocycles. The Kier molecular flexibility index (Phi) is 7.05. The standard InChI is InChI=1S/C26H34F7NO3/c1-22(2)17-13-14-23(22,19(35)18(17)20(36)24(27,28)25(29,30)26(31,32)33)21(37)34(15-9-5-3-6-10-15)16-11-7-4-8-12-16/h15-18H,3-14H2,1-2H3/t17-,18-,23+/m1/s1. The fraction of sp³-hybridized carbons (Fsp3) is 0.885. The number of ketones is 2. The molecule has 4 nitrogen and oxygen atoms in total. The van der Waals surface area contributed by atoms with Crippen molar-refractivity contribution >= 4 is 17.5 Å². The molecule has 0 unspecified atom stereocenters. The van der Waals surface area contributed by atoms with E-state index in [0.717, 1.165) is 38.5 Å². The van der Waals surface area contributed by atoms with Gasteiger partial charge in [-0.2, -0.15) is 30.7 Å². The number of nitrogens with zero attached hydrogens (tertiary/aromatic N) is 1. The Morgan fingerprint density at radius 3 is 1.68 bits per heavy atom. The van der Waals surface area contributed by atoms with Crippen LogP contribution in [0.1, 0.15) is 90.9 Å². The summed E-state index contributed by atoms with van der Waals surface area (Å²) in [7, 11) is 0. The Morgan fingerprint density at radius 1 is 0.784 bits per heavy atom. The summed E-state index contributed by atoms with van der Waals surface area (Å²) in [5.41, 5.74) is -3.26. The Hall–Kier alpha value is -1.68. The van der Waals surface area contributed by atoms with Crippen LogP contribution in [0.15, 0.2) is 0 Å². The van der Waals surface area contributed by atoms with E-state index in [-0.39, 0.29) is 24.9 Å². The Balaban J connectivity index is 1.73. The molecule has 0 aliphatic heterocycles. The van der Waals surface area contributed by atoms with Crippen molar-refractivity contribution in [1.82, 2.24) is 4.90 Å². The second-order valence-corrected chi connectivity index (χ2v) is 11.9. The number of carbonyl (C=O) groups is 3. The van der Waals surface area contributed by atoms with Crippen molar-refractivity contribution in [2.45, 2.75) is 121 Å². The molecule has 0 aromatic rings. The van der Waals surface area contributed by atoms with Crippen LogP contribution in [0.4, 0.5) is 30.7 Å². The fourth-order valence-corrected chi connectivity index (χ4v) is 7.73. The smallest absolute Gasteiger partial charge is 0.336 e. The number of alkyl halides is 7. The van der Waals surface area contributed by atoms with Gasteiger partial charge < -0.3 is 4.90 Å². The van der Waals surface area contributed by atoms with E-state index in [4.69, 9.17) is 0 Å². The van der Waals surface area contributed by atoms with E-state index in [2.05, 4.69) is 0 Å². The van der Waals surface area contributed by atoms with E-state index >= 15 is 0 Å². The number of hydrogen-bond donors (Lipinski definition) is 0. The van der Waals surface area contributed by atoms with Crippen LogP contribution in [0.5, 0.6) is 0 Å². The van der Waals surface area contributed by atoms with Crippen LogP contribution in [-0.4, -0.2) is 52.5 Å². The van der Waals surface area contributed by atoms with Crippen LogP contribution in [-0.2, 0) is 14.4 Å². The molecule has 4 fully saturated rings. The van der Waals surface area contributed by atoms with Crippen LogP contribution in [0, 0.1) is 22.7 Å². The van der Waals surface area contributed by atoms with Gasteiger partial charge in [-0.1, -0.05) is 52.4 Å². The van der Waals surface area contributed by atoms with Gasteiger partial charge in [-0.15, -0.1) is 0 Å². The fourth-order valence-electron chi connectivity index (χ4n) is 7.73. The zero-order valence-electron chi connectivity index (χ0n) is 21.1. The van der Waals surface area contributed by atoms with E-state index in [1.54, 1.807) is 4.90 Å². The number of rotatable bonds is 6. The zero-order chi connectivity index (χ0) is 27.6. The Morgan fingerprint density at radius 2 is 1.24 bits per heavy atom. The van der Waals surface area contributed by atoms with E-state index in [9.17, 15) is 45.1 Å². The summed E-state index contributed by atoms with van der Waals surface area (Å²) in [4.78, 5) is 42.6. The molecule has 37 heavy (non-hydrogen) atoms. The molecule has 0 aromatic carbocycles. The minimum Gasteiger partial charge on any atom is -0.336 e. The first-order chi connectivity index (χ1) is 17.0. The van der Waals surface area contributed by atoms with Crippen LogP contribution < -0.4 is 0 Å². The highest BCUT2D eigenvalue weighted by atomic mass is 19.4. The minimum atomic E-state index is -6.69. The third-order valence-electron chi connectivity index (χ3n) is 9.84. The molecule has 0 spiro atoms. The summed E-state index contributed by atoms with van der Waals surface area (Å²) < 4.78 is 94.9. The lowest BCUT2D eigenvalue weighted by Crippen LogP contribution is -2.60. The van der Waals surface area contributed by atoms with Crippen molar-refractivity contribution in [3.05, 3.63) is 0 Å². The number of carbonyl (C=O) groups excluding carboxylic acids is 3. The molecule has 0 saturated heterocycles. The molecule has 4 aliphatic rings. The maximum absolute atomic E-state index is 14.5. The van der Waals surface area contributed by atoms with Crippen molar-refractivity contribution in [3.8, 4) is 0 Å². The van der Waals surface area contributed by atoms with Gasteiger partial charge in [0.25, 0.3) is 0 Å². The van der Waals surface area contributed by atoms with Gasteiger partial charge in [-0.3, -0.25) is 14.4 Å². The van der Waals surface area contributed by atoms with Crippen molar-refractivity contribution in [3.63, 3.8) is 0 Å². The highest BCUT2D eigenvalue weighted by molar-refractivity contribution is 6.19. The zero-order valence-corrected chi connectivity index (χ0v) is 21.1. The Bertz CT molecular complexity index is 917. The monoisotopic (exact) mass is 541 g/mol. The van der Waals surface area contributed by atoms with Gasteiger partial charge in [0, 0.05) is 12.1 Å². The lowest BCUT2D eigenvalue weighted by molar-refractivity contribution is -0.344. The molecule has 0 radical (unpaired) electrons. The summed E-state index contributed by atoms with van der Waals surface area (Å²) in [6, 6.07) is -0.320. The van der Waals surface area contributed by atoms with Gasteiger partial charge >= 0.3 is 18.0 Å². The third kappa shape index (κ3) is 3.95. The first-order valence-corrected chi connectivity index (χ1v) is 13.3. The highest BCUT2D eigenvalue weighted by Crippen LogP contribution is 2.68.